The number of amides is 2. The second-order valence-electron chi connectivity index (χ2n) is 6.22. The zero-order valence-corrected chi connectivity index (χ0v) is 15.1. The van der Waals surface area contributed by atoms with Gasteiger partial charge in [0.05, 0.1) is 16.1 Å². The minimum atomic E-state index is -4.66. The molecule has 0 radical (unpaired) electrons. The molecule has 1 aliphatic heterocycles. The molecule has 4 nitrogen and oxygen atoms in total. The normalized spacial score (nSPS) is 15.2. The number of hydrogen-bond donors (Lipinski definition) is 0. The van der Waals surface area contributed by atoms with Crippen LogP contribution in [-0.4, -0.2) is 36.3 Å². The number of nitrogens with zero attached hydrogens (tertiary/aromatic N) is 2. The smallest absolute Gasteiger partial charge is 0.327 e. The number of carbonyl (C=O) groups excluding carboxylic acids is 2. The molecule has 0 spiro atoms. The first-order valence-corrected chi connectivity index (χ1v) is 8.59. The van der Waals surface area contributed by atoms with Crippen LogP contribution in [0.25, 0.3) is 0 Å². The topological polar surface area (TPSA) is 40.6 Å². The van der Waals surface area contributed by atoms with Gasteiger partial charge in [0.15, 0.2) is 0 Å². The Morgan fingerprint density at radius 1 is 1.07 bits per heavy atom. The van der Waals surface area contributed by atoms with Gasteiger partial charge in [-0.3, -0.25) is 9.59 Å². The minimum Gasteiger partial charge on any atom is -0.327 e. The lowest BCUT2D eigenvalue weighted by Gasteiger charge is -2.35. The number of carbonyl (C=O) groups is 2. The zero-order valence-electron chi connectivity index (χ0n) is 14.4. The second kappa shape index (κ2) is 7.23. The molecule has 1 heterocycles. The molecular formula is C19H16ClF3N2O2. The van der Waals surface area contributed by atoms with Crippen LogP contribution in [0.3, 0.4) is 0 Å². The van der Waals surface area contributed by atoms with E-state index in [1.54, 1.807) is 4.90 Å². The van der Waals surface area contributed by atoms with E-state index in [1.807, 2.05) is 31.2 Å². The number of alkyl halides is 3. The monoisotopic (exact) mass is 396 g/mol. The van der Waals surface area contributed by atoms with Crippen molar-refractivity contribution in [3.63, 3.8) is 0 Å². The van der Waals surface area contributed by atoms with Crippen molar-refractivity contribution < 1.29 is 22.8 Å². The highest BCUT2D eigenvalue weighted by Crippen LogP contribution is 2.36. The highest BCUT2D eigenvalue weighted by molar-refractivity contribution is 6.34. The van der Waals surface area contributed by atoms with Gasteiger partial charge in [-0.1, -0.05) is 35.9 Å². The summed E-state index contributed by atoms with van der Waals surface area (Å²) >= 11 is 5.83. The molecular weight excluding hydrogens is 381 g/mol. The third-order valence-corrected chi connectivity index (χ3v) is 4.86. The van der Waals surface area contributed by atoms with E-state index in [0.29, 0.717) is 0 Å². The van der Waals surface area contributed by atoms with Crippen molar-refractivity contribution in [1.29, 1.82) is 0 Å². The van der Waals surface area contributed by atoms with Gasteiger partial charge < -0.3 is 9.80 Å². The van der Waals surface area contributed by atoms with Crippen LogP contribution in [0.2, 0.25) is 5.02 Å². The number of anilines is 1. The van der Waals surface area contributed by atoms with Crippen LogP contribution >= 0.6 is 11.6 Å². The van der Waals surface area contributed by atoms with Crippen LogP contribution in [0.5, 0.6) is 0 Å². The SMILES string of the molecule is Cc1ccccc1N1CCN(C(=O)c2cccc(C(F)(F)F)c2Cl)CC1=O. The Kier molecular flexibility index (Phi) is 5.15. The summed E-state index contributed by atoms with van der Waals surface area (Å²) in [5.41, 5.74) is 0.349. The van der Waals surface area contributed by atoms with Gasteiger partial charge in [0.1, 0.15) is 6.54 Å². The van der Waals surface area contributed by atoms with Crippen LogP contribution < -0.4 is 4.90 Å². The molecule has 3 rings (SSSR count). The first-order chi connectivity index (χ1) is 12.7. The van der Waals surface area contributed by atoms with Crippen LogP contribution in [0, 0.1) is 6.92 Å². The van der Waals surface area contributed by atoms with E-state index in [2.05, 4.69) is 0 Å². The van der Waals surface area contributed by atoms with Crippen molar-refractivity contribution in [2.24, 2.45) is 0 Å². The van der Waals surface area contributed by atoms with Crippen LogP contribution in [0.4, 0.5) is 18.9 Å². The molecule has 0 aromatic heterocycles. The summed E-state index contributed by atoms with van der Waals surface area (Å²) in [4.78, 5) is 28.0. The Morgan fingerprint density at radius 3 is 2.41 bits per heavy atom. The number of benzene rings is 2. The first-order valence-electron chi connectivity index (χ1n) is 8.21. The quantitative estimate of drug-likeness (QED) is 0.765. The number of rotatable bonds is 2. The third kappa shape index (κ3) is 3.78. The van der Waals surface area contributed by atoms with Gasteiger partial charge in [-0.25, -0.2) is 0 Å². The van der Waals surface area contributed by atoms with Crippen molar-refractivity contribution in [3.8, 4) is 0 Å². The van der Waals surface area contributed by atoms with Gasteiger partial charge in [-0.2, -0.15) is 13.2 Å². The van der Waals surface area contributed by atoms with E-state index in [0.717, 1.165) is 23.4 Å². The number of halogens is 4. The van der Waals surface area contributed by atoms with E-state index < -0.39 is 22.7 Å². The van der Waals surface area contributed by atoms with Gasteiger partial charge >= 0.3 is 6.18 Å². The molecule has 2 amide bonds. The molecule has 0 saturated carbocycles. The maximum Gasteiger partial charge on any atom is 0.417 e. The van der Waals surface area contributed by atoms with Gasteiger partial charge in [0.2, 0.25) is 5.91 Å². The van der Waals surface area contributed by atoms with E-state index >= 15 is 0 Å². The molecule has 142 valence electrons. The predicted molar refractivity (Wildman–Crippen MR) is 95.9 cm³/mol. The van der Waals surface area contributed by atoms with Crippen LogP contribution in [0.1, 0.15) is 21.5 Å². The molecule has 0 unspecified atom stereocenters. The number of aryl methyl sites for hydroxylation is 1. The molecule has 2 aromatic rings. The molecule has 2 aromatic carbocycles. The van der Waals surface area contributed by atoms with Crippen molar-refractivity contribution in [2.45, 2.75) is 13.1 Å². The zero-order chi connectivity index (χ0) is 19.8. The van der Waals surface area contributed by atoms with E-state index in [-0.39, 0.29) is 31.1 Å². The van der Waals surface area contributed by atoms with Crippen molar-refractivity contribution in [3.05, 3.63) is 64.2 Å². The largest absolute Gasteiger partial charge is 0.417 e. The Hall–Kier alpha value is -2.54. The average Bonchev–Trinajstić information content (AvgIpc) is 2.61. The standard InChI is InChI=1S/C19H16ClF3N2O2/c1-12-5-2-3-8-15(12)25-10-9-24(11-16(25)26)18(27)13-6-4-7-14(17(13)20)19(21,22)23/h2-8H,9-11H2,1H3. The molecule has 0 bridgehead atoms. The lowest BCUT2D eigenvalue weighted by molar-refractivity contribution is -0.137. The number of para-hydroxylation sites is 1. The summed E-state index contributed by atoms with van der Waals surface area (Å²) in [6, 6.07) is 10.6. The van der Waals surface area contributed by atoms with Gasteiger partial charge in [0, 0.05) is 18.8 Å². The fraction of sp³-hybridized carbons (Fsp3) is 0.263. The second-order valence-corrected chi connectivity index (χ2v) is 6.60. The Morgan fingerprint density at radius 2 is 1.78 bits per heavy atom. The molecule has 0 atom stereocenters. The van der Waals surface area contributed by atoms with Gasteiger partial charge in [-0.15, -0.1) is 0 Å². The van der Waals surface area contributed by atoms with Crippen molar-refractivity contribution >= 4 is 29.1 Å². The lowest BCUT2D eigenvalue weighted by atomic mass is 10.1. The Labute approximate surface area is 159 Å². The van der Waals surface area contributed by atoms with E-state index in [9.17, 15) is 22.8 Å². The van der Waals surface area contributed by atoms with E-state index in [1.165, 1.54) is 11.0 Å². The average molecular weight is 397 g/mol. The molecule has 0 aliphatic carbocycles. The third-order valence-electron chi connectivity index (χ3n) is 4.45. The molecule has 0 N–H and O–H groups in total. The highest BCUT2D eigenvalue weighted by atomic mass is 35.5. The van der Waals surface area contributed by atoms with Crippen LogP contribution in [0.15, 0.2) is 42.5 Å². The maximum atomic E-state index is 13.0. The summed E-state index contributed by atoms with van der Waals surface area (Å²) < 4.78 is 39.0. The number of hydrogen-bond acceptors (Lipinski definition) is 2. The molecule has 27 heavy (non-hydrogen) atoms. The fourth-order valence-corrected chi connectivity index (χ4v) is 3.37. The molecule has 1 aliphatic rings. The molecule has 1 saturated heterocycles. The summed E-state index contributed by atoms with van der Waals surface area (Å²) in [7, 11) is 0. The lowest BCUT2D eigenvalue weighted by Crippen LogP contribution is -2.52. The summed E-state index contributed by atoms with van der Waals surface area (Å²) in [6.07, 6.45) is -4.66. The Bertz CT molecular complexity index is 899. The Balaban J connectivity index is 1.81. The van der Waals surface area contributed by atoms with E-state index in [4.69, 9.17) is 11.6 Å². The predicted octanol–water partition coefficient (Wildman–Crippen LogP) is 4.16. The number of piperazine rings is 1. The van der Waals surface area contributed by atoms with Crippen LogP contribution in [-0.2, 0) is 11.0 Å². The highest BCUT2D eigenvalue weighted by Gasteiger charge is 2.36. The summed E-state index contributed by atoms with van der Waals surface area (Å²) in [5, 5.41) is -0.649. The van der Waals surface area contributed by atoms with Gasteiger partial charge in [0.25, 0.3) is 5.91 Å². The molecule has 8 heteroatoms. The van der Waals surface area contributed by atoms with Crippen molar-refractivity contribution in [2.75, 3.05) is 24.5 Å². The first kappa shape index (κ1) is 19.2. The fourth-order valence-electron chi connectivity index (χ4n) is 3.05. The summed E-state index contributed by atoms with van der Waals surface area (Å²) in [6.45, 7) is 2.11. The van der Waals surface area contributed by atoms with Crippen molar-refractivity contribution in [1.82, 2.24) is 4.90 Å². The molecule has 1 fully saturated rings. The van der Waals surface area contributed by atoms with Gasteiger partial charge in [-0.05, 0) is 30.7 Å². The summed E-state index contributed by atoms with van der Waals surface area (Å²) in [5.74, 6) is -0.990. The maximum absolute atomic E-state index is 13.0. The minimum absolute atomic E-state index is 0.200.